The van der Waals surface area contributed by atoms with E-state index in [-0.39, 0.29) is 12.1 Å². The van der Waals surface area contributed by atoms with Crippen LogP contribution in [0, 0.1) is 5.92 Å². The lowest BCUT2D eigenvalue weighted by atomic mass is 9.33. The van der Waals surface area contributed by atoms with Crippen LogP contribution in [0.2, 0.25) is 0 Å². The van der Waals surface area contributed by atoms with Crippen molar-refractivity contribution in [1.82, 2.24) is 0 Å². The van der Waals surface area contributed by atoms with Crippen molar-refractivity contribution in [3.05, 3.63) is 235 Å². The molecule has 67 heavy (non-hydrogen) atoms. The van der Waals surface area contributed by atoms with E-state index in [0.717, 1.165) is 62.0 Å². The number of nitrogens with zero attached hydrogens (tertiary/aromatic N) is 3. The Hall–Kier alpha value is -7.30. The van der Waals surface area contributed by atoms with Gasteiger partial charge in [-0.1, -0.05) is 153 Å². The first kappa shape index (κ1) is 41.2. The van der Waals surface area contributed by atoms with Gasteiger partial charge < -0.3 is 14.7 Å². The standard InChI is InChI=1S/C63H56BN3/c1-63(2,49-27-13-5-14-28-49)50-42-60-62-61(43-50)67(54-35-21-26-47(40-54)45-22-9-3-10-23-45)58-41-48(46-24-11-4-12-25-46)36-38-56(58)64(62)57-39-37-55(44-59(57)66(60)53-33-19-8-20-34-53)65(51-29-15-6-16-30-51)52-31-17-7-18-32-52/h3,5-6,8-9,11,13-17,19-22,24-27,29-44,49H,4,7,10,12,18,23,28H2,1-2H3. The SMILES string of the molecule is CC(C)(c1cc2c3c(c1)N(c1ccccc1)c1cc(N(C4=CCCC=C4)c4ccccc4)ccc1B3c1ccc(C3=CCCC=C3)cc1N2c1cccc(C2=CC=CCC2)c1)C1C=CC=CC1. The van der Waals surface area contributed by atoms with E-state index in [1.54, 1.807) is 0 Å². The molecule has 0 N–H and O–H groups in total. The van der Waals surface area contributed by atoms with Gasteiger partial charge in [-0.3, -0.25) is 0 Å². The Labute approximate surface area is 397 Å². The van der Waals surface area contributed by atoms with Crippen LogP contribution in [0.5, 0.6) is 0 Å². The van der Waals surface area contributed by atoms with Crippen molar-refractivity contribution in [2.45, 2.75) is 64.2 Å². The van der Waals surface area contributed by atoms with Crippen molar-refractivity contribution in [1.29, 1.82) is 0 Å². The van der Waals surface area contributed by atoms with Gasteiger partial charge in [0.2, 0.25) is 0 Å². The Morgan fingerprint density at radius 1 is 0.552 bits per heavy atom. The van der Waals surface area contributed by atoms with Gasteiger partial charge in [-0.05, 0) is 173 Å². The summed E-state index contributed by atoms with van der Waals surface area (Å²) in [6.45, 7) is 4.92. The van der Waals surface area contributed by atoms with E-state index < -0.39 is 0 Å². The zero-order valence-corrected chi connectivity index (χ0v) is 38.7. The fraction of sp³-hybridized carbons (Fsp3) is 0.175. The zero-order valence-electron chi connectivity index (χ0n) is 38.7. The van der Waals surface area contributed by atoms with Gasteiger partial charge in [0.1, 0.15) is 0 Å². The van der Waals surface area contributed by atoms with E-state index in [2.05, 4.69) is 241 Å². The summed E-state index contributed by atoms with van der Waals surface area (Å²) in [5.41, 5.74) is 21.2. The molecule has 326 valence electrons. The number of fused-ring (bicyclic) bond motifs is 4. The lowest BCUT2D eigenvalue weighted by Crippen LogP contribution is -2.61. The largest absolute Gasteiger partial charge is 0.311 e. The van der Waals surface area contributed by atoms with Gasteiger partial charge in [0, 0.05) is 51.2 Å². The van der Waals surface area contributed by atoms with E-state index in [1.165, 1.54) is 78.4 Å². The first-order valence-electron chi connectivity index (χ1n) is 24.5. The Morgan fingerprint density at radius 3 is 2.00 bits per heavy atom. The molecule has 0 saturated heterocycles. The summed E-state index contributed by atoms with van der Waals surface area (Å²) < 4.78 is 0. The lowest BCUT2D eigenvalue weighted by molar-refractivity contribution is 0.382. The first-order chi connectivity index (χ1) is 33.0. The summed E-state index contributed by atoms with van der Waals surface area (Å²) in [7, 11) is 0. The monoisotopic (exact) mass is 865 g/mol. The van der Waals surface area contributed by atoms with Crippen LogP contribution >= 0.6 is 0 Å². The molecule has 0 aromatic heterocycles. The smallest absolute Gasteiger partial charge is 0.252 e. The number of benzene rings is 6. The summed E-state index contributed by atoms with van der Waals surface area (Å²) in [6.07, 6.45) is 37.5. The second-order valence-corrected chi connectivity index (χ2v) is 19.4. The normalized spacial score (nSPS) is 17.9. The number of rotatable bonds is 9. The molecule has 0 saturated carbocycles. The molecule has 2 heterocycles. The van der Waals surface area contributed by atoms with E-state index >= 15 is 0 Å². The van der Waals surface area contributed by atoms with Gasteiger partial charge in [0.05, 0.1) is 0 Å². The Bertz CT molecular complexity index is 3160. The van der Waals surface area contributed by atoms with Crippen molar-refractivity contribution in [3.63, 3.8) is 0 Å². The van der Waals surface area contributed by atoms with Gasteiger partial charge >= 0.3 is 0 Å². The molecule has 6 aromatic carbocycles. The maximum absolute atomic E-state index is 2.63. The van der Waals surface area contributed by atoms with Crippen molar-refractivity contribution in [2.24, 2.45) is 5.92 Å². The van der Waals surface area contributed by atoms with Gasteiger partial charge in [0.25, 0.3) is 6.71 Å². The molecule has 6 aliphatic rings. The highest BCUT2D eigenvalue weighted by Crippen LogP contribution is 2.49. The predicted octanol–water partition coefficient (Wildman–Crippen LogP) is 15.0. The van der Waals surface area contributed by atoms with E-state index in [9.17, 15) is 0 Å². The fourth-order valence-corrected chi connectivity index (χ4v) is 11.4. The van der Waals surface area contributed by atoms with Crippen molar-refractivity contribution >= 4 is 79.7 Å². The summed E-state index contributed by atoms with van der Waals surface area (Å²) >= 11 is 0. The van der Waals surface area contributed by atoms with Crippen LogP contribution in [0.3, 0.4) is 0 Å². The number of allylic oxidation sites excluding steroid dienone is 15. The molecule has 1 unspecified atom stereocenters. The van der Waals surface area contributed by atoms with Crippen molar-refractivity contribution in [3.8, 4) is 0 Å². The molecule has 0 radical (unpaired) electrons. The Morgan fingerprint density at radius 2 is 1.28 bits per heavy atom. The maximum atomic E-state index is 2.63. The lowest BCUT2D eigenvalue weighted by Gasteiger charge is -2.46. The Balaban J connectivity index is 1.15. The summed E-state index contributed by atoms with van der Waals surface area (Å²) in [6, 6.07) is 51.1. The number of anilines is 8. The minimum absolute atomic E-state index is 0.00629. The summed E-state index contributed by atoms with van der Waals surface area (Å²) in [5, 5.41) is 0. The van der Waals surface area contributed by atoms with E-state index in [4.69, 9.17) is 0 Å². The predicted molar refractivity (Wildman–Crippen MR) is 288 cm³/mol. The van der Waals surface area contributed by atoms with Crippen LogP contribution in [0.25, 0.3) is 11.1 Å². The van der Waals surface area contributed by atoms with Crippen LogP contribution in [-0.2, 0) is 5.41 Å². The van der Waals surface area contributed by atoms with Crippen molar-refractivity contribution in [2.75, 3.05) is 14.7 Å². The maximum Gasteiger partial charge on any atom is 0.252 e. The Kier molecular flexibility index (Phi) is 10.5. The molecule has 4 heteroatoms. The van der Waals surface area contributed by atoms with E-state index in [0.29, 0.717) is 5.92 Å². The van der Waals surface area contributed by atoms with Gasteiger partial charge in [-0.2, -0.15) is 0 Å². The quantitative estimate of drug-likeness (QED) is 0.134. The minimum atomic E-state index is -0.177. The van der Waals surface area contributed by atoms with Gasteiger partial charge in [0.15, 0.2) is 0 Å². The van der Waals surface area contributed by atoms with Crippen LogP contribution in [0.15, 0.2) is 218 Å². The molecule has 0 fully saturated rings. The first-order valence-corrected chi connectivity index (χ1v) is 24.5. The molecular weight excluding hydrogens is 810 g/mol. The second-order valence-electron chi connectivity index (χ2n) is 19.4. The molecule has 0 spiro atoms. The van der Waals surface area contributed by atoms with Crippen LogP contribution in [0.1, 0.15) is 75.5 Å². The molecule has 3 nitrogen and oxygen atoms in total. The average Bonchev–Trinajstić information content (AvgIpc) is 3.40. The molecule has 0 amide bonds. The molecule has 4 aliphatic carbocycles. The molecule has 1 atom stereocenters. The summed E-state index contributed by atoms with van der Waals surface area (Å²) in [5.74, 6) is 0.345. The fourth-order valence-electron chi connectivity index (χ4n) is 11.4. The zero-order chi connectivity index (χ0) is 44.9. The molecule has 12 rings (SSSR count). The van der Waals surface area contributed by atoms with Crippen LogP contribution in [-0.4, -0.2) is 6.71 Å². The average molecular weight is 866 g/mol. The highest BCUT2D eigenvalue weighted by molar-refractivity contribution is 7.00. The summed E-state index contributed by atoms with van der Waals surface area (Å²) in [4.78, 5) is 7.66. The minimum Gasteiger partial charge on any atom is -0.311 e. The third kappa shape index (κ3) is 7.31. The van der Waals surface area contributed by atoms with Crippen molar-refractivity contribution < 1.29 is 0 Å². The number of hydrogen-bond donors (Lipinski definition) is 0. The molecular formula is C63H56BN3. The van der Waals surface area contributed by atoms with Crippen LogP contribution < -0.4 is 31.1 Å². The highest BCUT2D eigenvalue weighted by atomic mass is 15.2. The topological polar surface area (TPSA) is 9.72 Å². The third-order valence-corrected chi connectivity index (χ3v) is 15.0. The van der Waals surface area contributed by atoms with Crippen LogP contribution in [0.4, 0.5) is 45.5 Å². The second kappa shape index (κ2) is 17.2. The van der Waals surface area contributed by atoms with Gasteiger partial charge in [-0.25, -0.2) is 0 Å². The molecule has 2 aliphatic heterocycles. The van der Waals surface area contributed by atoms with Gasteiger partial charge in [-0.15, -0.1) is 0 Å². The third-order valence-electron chi connectivity index (χ3n) is 15.0. The highest BCUT2D eigenvalue weighted by Gasteiger charge is 2.45. The number of hydrogen-bond acceptors (Lipinski definition) is 3. The molecule has 6 aromatic rings. The number of para-hydroxylation sites is 2. The van der Waals surface area contributed by atoms with E-state index in [1.807, 2.05) is 0 Å². The molecule has 0 bridgehead atoms.